The van der Waals surface area contributed by atoms with Crippen molar-refractivity contribution < 1.29 is 14.4 Å². The van der Waals surface area contributed by atoms with Crippen molar-refractivity contribution in [1.82, 2.24) is 15.2 Å². The third kappa shape index (κ3) is 4.14. The highest BCUT2D eigenvalue weighted by atomic mass is 16.2. The lowest BCUT2D eigenvalue weighted by Gasteiger charge is -2.18. The number of benzene rings is 1. The Labute approximate surface area is 170 Å². The van der Waals surface area contributed by atoms with Crippen LogP contribution in [0.5, 0.6) is 0 Å². The van der Waals surface area contributed by atoms with E-state index in [1.54, 1.807) is 13.0 Å². The van der Waals surface area contributed by atoms with E-state index < -0.39 is 0 Å². The Morgan fingerprint density at radius 1 is 1.17 bits per heavy atom. The van der Waals surface area contributed by atoms with Crippen molar-refractivity contribution in [1.29, 1.82) is 0 Å². The minimum Gasteiger partial charge on any atom is -0.352 e. The molecule has 1 aliphatic rings. The first kappa shape index (κ1) is 20.5. The van der Waals surface area contributed by atoms with Crippen molar-refractivity contribution in [3.8, 4) is 0 Å². The summed E-state index contributed by atoms with van der Waals surface area (Å²) in [7, 11) is 0. The minimum absolute atomic E-state index is 0.210. The molecule has 152 valence electrons. The molecule has 7 nitrogen and oxygen atoms in total. The zero-order valence-electron chi connectivity index (χ0n) is 17.0. The standard InChI is InChI=1S/C22H26N4O3/c1-4-26(5-2)11-10-23-22(29)20-14(3)18(24-19(20)13-27)12-16-15-8-6-7-9-17(15)25-21(16)28/h6-9,12-13,24H,4-5,10-11H2,1-3H3,(H,23,29)(H,25,28)/b16-12-. The summed E-state index contributed by atoms with van der Waals surface area (Å²) in [5, 5.41) is 5.71. The Kier molecular flexibility index (Phi) is 6.29. The quantitative estimate of drug-likeness (QED) is 0.474. The molecule has 1 aliphatic heterocycles. The van der Waals surface area contributed by atoms with Gasteiger partial charge in [-0.15, -0.1) is 0 Å². The first-order valence-electron chi connectivity index (χ1n) is 9.80. The van der Waals surface area contributed by atoms with E-state index in [1.165, 1.54) is 0 Å². The van der Waals surface area contributed by atoms with E-state index in [-0.39, 0.29) is 17.5 Å². The number of rotatable bonds is 8. The molecule has 29 heavy (non-hydrogen) atoms. The van der Waals surface area contributed by atoms with Gasteiger partial charge in [0.1, 0.15) is 0 Å². The van der Waals surface area contributed by atoms with Crippen LogP contribution in [-0.4, -0.2) is 54.2 Å². The number of amides is 2. The SMILES string of the molecule is CCN(CC)CCNC(=O)c1c(C=O)[nH]c(/C=C2\C(=O)Nc3ccccc32)c1C. The van der Waals surface area contributed by atoms with Gasteiger partial charge in [0.2, 0.25) is 0 Å². The number of aldehydes is 1. The minimum atomic E-state index is -0.297. The fourth-order valence-electron chi connectivity index (χ4n) is 3.55. The molecule has 3 N–H and O–H groups in total. The second kappa shape index (κ2) is 8.87. The van der Waals surface area contributed by atoms with Crippen LogP contribution >= 0.6 is 0 Å². The smallest absolute Gasteiger partial charge is 0.256 e. The van der Waals surface area contributed by atoms with Crippen LogP contribution in [0.3, 0.4) is 0 Å². The molecule has 1 aromatic heterocycles. The molecule has 1 aromatic carbocycles. The molecular weight excluding hydrogens is 368 g/mol. The Hall–Kier alpha value is -3.19. The Morgan fingerprint density at radius 2 is 1.90 bits per heavy atom. The molecule has 0 fully saturated rings. The molecule has 3 rings (SSSR count). The molecule has 2 aromatic rings. The van der Waals surface area contributed by atoms with E-state index in [1.807, 2.05) is 24.3 Å². The predicted molar refractivity (Wildman–Crippen MR) is 114 cm³/mol. The maximum Gasteiger partial charge on any atom is 0.256 e. The molecule has 2 heterocycles. The Balaban J connectivity index is 1.86. The van der Waals surface area contributed by atoms with Gasteiger partial charge in [0, 0.05) is 30.0 Å². The van der Waals surface area contributed by atoms with Crippen LogP contribution in [-0.2, 0) is 4.79 Å². The summed E-state index contributed by atoms with van der Waals surface area (Å²) in [5.41, 5.74) is 3.78. The van der Waals surface area contributed by atoms with Gasteiger partial charge in [-0.05, 0) is 37.7 Å². The second-order valence-electron chi connectivity index (χ2n) is 6.91. The van der Waals surface area contributed by atoms with Gasteiger partial charge >= 0.3 is 0 Å². The van der Waals surface area contributed by atoms with Crippen molar-refractivity contribution in [3.63, 3.8) is 0 Å². The molecule has 2 amide bonds. The number of carbonyl (C=O) groups is 3. The van der Waals surface area contributed by atoms with Crippen LogP contribution in [0.1, 0.15) is 51.5 Å². The van der Waals surface area contributed by atoms with Gasteiger partial charge < -0.3 is 20.5 Å². The number of likely N-dealkylation sites (N-methyl/N-ethyl adjacent to an activating group) is 1. The van der Waals surface area contributed by atoms with Crippen molar-refractivity contribution >= 4 is 35.4 Å². The van der Waals surface area contributed by atoms with E-state index in [2.05, 4.69) is 34.4 Å². The number of nitrogens with one attached hydrogen (secondary N) is 3. The lowest BCUT2D eigenvalue weighted by atomic mass is 10.0. The van der Waals surface area contributed by atoms with Gasteiger partial charge in [-0.3, -0.25) is 14.4 Å². The average molecular weight is 394 g/mol. The van der Waals surface area contributed by atoms with Crippen LogP contribution in [0.2, 0.25) is 0 Å². The molecule has 0 saturated carbocycles. The molecular formula is C22H26N4O3. The fraction of sp³-hybridized carbons (Fsp3) is 0.318. The number of aromatic amines is 1. The molecule has 0 unspecified atom stereocenters. The highest BCUT2D eigenvalue weighted by Crippen LogP contribution is 2.33. The molecule has 7 heteroatoms. The molecule has 0 radical (unpaired) electrons. The number of nitrogens with zero attached hydrogens (tertiary/aromatic N) is 1. The summed E-state index contributed by atoms with van der Waals surface area (Å²) in [6.45, 7) is 8.98. The van der Waals surface area contributed by atoms with Gasteiger partial charge in [-0.1, -0.05) is 32.0 Å². The first-order valence-corrected chi connectivity index (χ1v) is 9.80. The van der Waals surface area contributed by atoms with Gasteiger partial charge in [0.05, 0.1) is 16.8 Å². The van der Waals surface area contributed by atoms with Gasteiger partial charge in [0.25, 0.3) is 11.8 Å². The number of anilines is 1. The molecule has 0 bridgehead atoms. The molecule has 0 spiro atoms. The van der Waals surface area contributed by atoms with Gasteiger partial charge in [-0.25, -0.2) is 0 Å². The highest BCUT2D eigenvalue weighted by Gasteiger charge is 2.25. The summed E-state index contributed by atoms with van der Waals surface area (Å²) in [5.74, 6) is -0.507. The van der Waals surface area contributed by atoms with Crippen molar-refractivity contribution in [2.45, 2.75) is 20.8 Å². The van der Waals surface area contributed by atoms with Crippen molar-refractivity contribution in [2.24, 2.45) is 0 Å². The second-order valence-corrected chi connectivity index (χ2v) is 6.91. The Morgan fingerprint density at radius 3 is 2.59 bits per heavy atom. The summed E-state index contributed by atoms with van der Waals surface area (Å²) in [6, 6.07) is 7.41. The number of para-hydroxylation sites is 1. The van der Waals surface area contributed by atoms with Crippen molar-refractivity contribution in [2.75, 3.05) is 31.5 Å². The lowest BCUT2D eigenvalue weighted by molar-refractivity contribution is -0.110. The van der Waals surface area contributed by atoms with E-state index >= 15 is 0 Å². The van der Waals surface area contributed by atoms with Crippen LogP contribution in [0.15, 0.2) is 24.3 Å². The van der Waals surface area contributed by atoms with E-state index in [0.717, 1.165) is 30.9 Å². The van der Waals surface area contributed by atoms with Gasteiger partial charge in [0.15, 0.2) is 6.29 Å². The zero-order valence-corrected chi connectivity index (χ0v) is 17.0. The number of carbonyl (C=O) groups excluding carboxylic acids is 3. The summed E-state index contributed by atoms with van der Waals surface area (Å²) in [4.78, 5) is 41.8. The number of H-pyrrole nitrogens is 1. The van der Waals surface area contributed by atoms with Crippen LogP contribution in [0, 0.1) is 6.92 Å². The fourth-order valence-corrected chi connectivity index (χ4v) is 3.55. The van der Waals surface area contributed by atoms with Gasteiger partial charge in [-0.2, -0.15) is 0 Å². The number of hydrogen-bond acceptors (Lipinski definition) is 4. The van der Waals surface area contributed by atoms with Crippen LogP contribution < -0.4 is 10.6 Å². The van der Waals surface area contributed by atoms with Crippen LogP contribution in [0.4, 0.5) is 5.69 Å². The highest BCUT2D eigenvalue weighted by molar-refractivity contribution is 6.35. The van der Waals surface area contributed by atoms with Crippen molar-refractivity contribution in [3.05, 3.63) is 52.3 Å². The maximum atomic E-state index is 12.7. The molecule has 0 atom stereocenters. The number of fused-ring (bicyclic) bond motifs is 1. The monoisotopic (exact) mass is 394 g/mol. The summed E-state index contributed by atoms with van der Waals surface area (Å²) >= 11 is 0. The average Bonchev–Trinajstić information content (AvgIpc) is 3.22. The largest absolute Gasteiger partial charge is 0.352 e. The normalized spacial score (nSPS) is 14.2. The third-order valence-electron chi connectivity index (χ3n) is 5.27. The third-order valence-corrected chi connectivity index (χ3v) is 5.27. The van der Waals surface area contributed by atoms with E-state index in [0.29, 0.717) is 35.2 Å². The Bertz CT molecular complexity index is 970. The topological polar surface area (TPSA) is 94.3 Å². The lowest BCUT2D eigenvalue weighted by Crippen LogP contribution is -2.35. The molecule has 0 saturated heterocycles. The van der Waals surface area contributed by atoms with Crippen LogP contribution in [0.25, 0.3) is 11.6 Å². The summed E-state index contributed by atoms with van der Waals surface area (Å²) in [6.07, 6.45) is 2.33. The zero-order chi connectivity index (χ0) is 21.0. The van der Waals surface area contributed by atoms with E-state index in [9.17, 15) is 14.4 Å². The number of aromatic nitrogens is 1. The summed E-state index contributed by atoms with van der Waals surface area (Å²) < 4.78 is 0. The number of hydrogen-bond donors (Lipinski definition) is 3. The first-order chi connectivity index (χ1) is 14.0. The molecule has 0 aliphatic carbocycles. The predicted octanol–water partition coefficient (Wildman–Crippen LogP) is 2.70. The maximum absolute atomic E-state index is 12.7. The van der Waals surface area contributed by atoms with E-state index in [4.69, 9.17) is 0 Å².